The zero-order chi connectivity index (χ0) is 17.4. The molecule has 0 aliphatic heterocycles. The lowest BCUT2D eigenvalue weighted by atomic mass is 10.1. The number of hydrogen-bond donors (Lipinski definition) is 1. The summed E-state index contributed by atoms with van der Waals surface area (Å²) in [5.41, 5.74) is 2.88. The molecule has 1 N–H and O–H groups in total. The molecule has 0 aromatic heterocycles. The molecule has 2 aromatic rings. The van der Waals surface area contributed by atoms with Crippen molar-refractivity contribution >= 4 is 5.91 Å². The van der Waals surface area contributed by atoms with E-state index in [0.29, 0.717) is 12.1 Å². The number of ether oxygens (including phenoxy) is 2. The van der Waals surface area contributed by atoms with Crippen LogP contribution in [0.5, 0.6) is 5.75 Å². The van der Waals surface area contributed by atoms with Crippen LogP contribution < -0.4 is 10.1 Å². The van der Waals surface area contributed by atoms with Crippen LogP contribution in [0.1, 0.15) is 40.9 Å². The molecule has 128 valence electrons. The van der Waals surface area contributed by atoms with Crippen molar-refractivity contribution in [2.75, 3.05) is 20.8 Å². The zero-order valence-corrected chi connectivity index (χ0v) is 14.5. The molecule has 0 fully saturated rings. The number of hydrogen-bond acceptors (Lipinski definition) is 3. The van der Waals surface area contributed by atoms with Gasteiger partial charge in [0.1, 0.15) is 5.75 Å². The lowest BCUT2D eigenvalue weighted by Crippen LogP contribution is -2.29. The van der Waals surface area contributed by atoms with Crippen molar-refractivity contribution in [2.45, 2.75) is 25.9 Å². The Morgan fingerprint density at radius 2 is 1.88 bits per heavy atom. The van der Waals surface area contributed by atoms with Crippen molar-refractivity contribution in [2.24, 2.45) is 0 Å². The quantitative estimate of drug-likeness (QED) is 0.803. The largest absolute Gasteiger partial charge is 0.497 e. The Labute approximate surface area is 143 Å². The third-order valence-corrected chi connectivity index (χ3v) is 3.95. The fourth-order valence-corrected chi connectivity index (χ4v) is 2.58. The minimum absolute atomic E-state index is 0.0944. The summed E-state index contributed by atoms with van der Waals surface area (Å²) in [7, 11) is 3.26. The van der Waals surface area contributed by atoms with E-state index >= 15 is 0 Å². The van der Waals surface area contributed by atoms with Crippen LogP contribution in [0.2, 0.25) is 0 Å². The normalized spacial score (nSPS) is 11.8. The van der Waals surface area contributed by atoms with Crippen molar-refractivity contribution < 1.29 is 14.3 Å². The zero-order valence-electron chi connectivity index (χ0n) is 14.5. The lowest BCUT2D eigenvalue weighted by molar-refractivity contribution is 0.0827. The molecular weight excluding hydrogens is 302 g/mol. The van der Waals surface area contributed by atoms with E-state index in [0.717, 1.165) is 24.2 Å². The van der Waals surface area contributed by atoms with Crippen LogP contribution in [0.4, 0.5) is 0 Å². The Balaban J connectivity index is 1.97. The third kappa shape index (κ3) is 4.83. The molecule has 4 nitrogen and oxygen atoms in total. The van der Waals surface area contributed by atoms with E-state index in [1.165, 1.54) is 5.56 Å². The van der Waals surface area contributed by atoms with E-state index in [9.17, 15) is 4.79 Å². The van der Waals surface area contributed by atoms with Crippen LogP contribution in [0.3, 0.4) is 0 Å². The summed E-state index contributed by atoms with van der Waals surface area (Å²) >= 11 is 0. The number of carbonyl (C=O) groups is 1. The number of methoxy groups -OCH3 is 2. The minimum atomic E-state index is -0.219. The number of benzene rings is 2. The van der Waals surface area contributed by atoms with Gasteiger partial charge in [-0.15, -0.1) is 0 Å². The molecule has 0 spiro atoms. The fraction of sp³-hybridized carbons (Fsp3) is 0.350. The molecule has 4 heteroatoms. The van der Waals surface area contributed by atoms with Gasteiger partial charge in [-0.05, 0) is 41.8 Å². The van der Waals surface area contributed by atoms with Crippen molar-refractivity contribution in [3.8, 4) is 5.75 Å². The van der Waals surface area contributed by atoms with E-state index in [-0.39, 0.29) is 12.0 Å². The first-order valence-electron chi connectivity index (χ1n) is 8.21. The molecule has 0 heterocycles. The van der Waals surface area contributed by atoms with Gasteiger partial charge in [0.2, 0.25) is 0 Å². The molecular formula is C20H25NO3. The van der Waals surface area contributed by atoms with Crippen LogP contribution in [-0.4, -0.2) is 26.7 Å². The van der Waals surface area contributed by atoms with Crippen LogP contribution in [0, 0.1) is 0 Å². The Bertz CT molecular complexity index is 652. The summed E-state index contributed by atoms with van der Waals surface area (Å²) in [4.78, 5) is 12.3. The molecule has 0 aliphatic rings. The summed E-state index contributed by atoms with van der Waals surface area (Å²) in [6, 6.07) is 15.4. The van der Waals surface area contributed by atoms with Gasteiger partial charge in [-0.1, -0.05) is 37.6 Å². The molecule has 0 saturated carbocycles. The predicted octanol–water partition coefficient (Wildman–Crippen LogP) is 3.77. The highest BCUT2D eigenvalue weighted by Crippen LogP contribution is 2.21. The number of rotatable bonds is 8. The molecule has 2 rings (SSSR count). The monoisotopic (exact) mass is 327 g/mol. The molecule has 24 heavy (non-hydrogen) atoms. The van der Waals surface area contributed by atoms with Gasteiger partial charge in [0.15, 0.2) is 0 Å². The predicted molar refractivity (Wildman–Crippen MR) is 95.5 cm³/mol. The van der Waals surface area contributed by atoms with E-state index in [2.05, 4.69) is 12.2 Å². The van der Waals surface area contributed by atoms with Gasteiger partial charge < -0.3 is 14.8 Å². The van der Waals surface area contributed by atoms with E-state index in [1.807, 2.05) is 48.5 Å². The average Bonchev–Trinajstić information content (AvgIpc) is 2.63. The molecule has 0 radical (unpaired) electrons. The van der Waals surface area contributed by atoms with Crippen molar-refractivity contribution in [3.05, 3.63) is 65.2 Å². The number of carbonyl (C=O) groups excluding carboxylic acids is 1. The summed E-state index contributed by atoms with van der Waals surface area (Å²) < 4.78 is 10.7. The molecule has 1 atom stereocenters. The van der Waals surface area contributed by atoms with Crippen molar-refractivity contribution in [1.82, 2.24) is 5.32 Å². The maximum Gasteiger partial charge on any atom is 0.251 e. The average molecular weight is 327 g/mol. The molecule has 0 aliphatic carbocycles. The highest BCUT2D eigenvalue weighted by atomic mass is 16.5. The second-order valence-electron chi connectivity index (χ2n) is 5.66. The SMILES string of the molecule is CCCc1ccc(C(=O)NCC(OC)c2cccc(OC)c2)cc1. The van der Waals surface area contributed by atoms with Crippen LogP contribution >= 0.6 is 0 Å². The first-order valence-corrected chi connectivity index (χ1v) is 8.21. The van der Waals surface area contributed by atoms with Gasteiger partial charge in [0.05, 0.1) is 13.2 Å². The van der Waals surface area contributed by atoms with Gasteiger partial charge in [-0.2, -0.15) is 0 Å². The maximum atomic E-state index is 12.3. The highest BCUT2D eigenvalue weighted by molar-refractivity contribution is 5.94. The third-order valence-electron chi connectivity index (χ3n) is 3.95. The molecule has 1 unspecified atom stereocenters. The van der Waals surface area contributed by atoms with Gasteiger partial charge in [0.25, 0.3) is 5.91 Å². The van der Waals surface area contributed by atoms with E-state index in [1.54, 1.807) is 14.2 Å². The van der Waals surface area contributed by atoms with Crippen LogP contribution in [-0.2, 0) is 11.2 Å². The topological polar surface area (TPSA) is 47.6 Å². The van der Waals surface area contributed by atoms with Gasteiger partial charge in [-0.25, -0.2) is 0 Å². The van der Waals surface area contributed by atoms with E-state index in [4.69, 9.17) is 9.47 Å². The summed E-state index contributed by atoms with van der Waals surface area (Å²) in [6.07, 6.45) is 1.91. The Kier molecular flexibility index (Phi) is 6.82. The molecule has 0 bridgehead atoms. The second kappa shape index (κ2) is 9.08. The Hall–Kier alpha value is -2.33. The summed E-state index contributed by atoms with van der Waals surface area (Å²) in [6.45, 7) is 2.54. The first-order chi connectivity index (χ1) is 11.7. The standard InChI is InChI=1S/C20H25NO3/c1-4-6-15-9-11-16(12-10-15)20(22)21-14-19(24-3)17-7-5-8-18(13-17)23-2/h5,7-13,19H,4,6,14H2,1-3H3,(H,21,22). The summed E-state index contributed by atoms with van der Waals surface area (Å²) in [5, 5.41) is 2.93. The Morgan fingerprint density at radius 1 is 1.12 bits per heavy atom. The molecule has 0 saturated heterocycles. The van der Waals surface area contributed by atoms with Crippen LogP contribution in [0.15, 0.2) is 48.5 Å². The number of aryl methyl sites for hydroxylation is 1. The summed E-state index contributed by atoms with van der Waals surface area (Å²) in [5.74, 6) is 0.676. The van der Waals surface area contributed by atoms with Crippen LogP contribution in [0.25, 0.3) is 0 Å². The second-order valence-corrected chi connectivity index (χ2v) is 5.66. The molecule has 1 amide bonds. The fourth-order valence-electron chi connectivity index (χ4n) is 2.58. The van der Waals surface area contributed by atoms with Gasteiger partial charge in [0, 0.05) is 19.2 Å². The van der Waals surface area contributed by atoms with E-state index < -0.39 is 0 Å². The smallest absolute Gasteiger partial charge is 0.251 e. The highest BCUT2D eigenvalue weighted by Gasteiger charge is 2.13. The number of amides is 1. The Morgan fingerprint density at radius 3 is 2.50 bits per heavy atom. The van der Waals surface area contributed by atoms with Crippen molar-refractivity contribution in [3.63, 3.8) is 0 Å². The lowest BCUT2D eigenvalue weighted by Gasteiger charge is -2.17. The van der Waals surface area contributed by atoms with Crippen molar-refractivity contribution in [1.29, 1.82) is 0 Å². The number of nitrogens with one attached hydrogen (secondary N) is 1. The van der Waals surface area contributed by atoms with Gasteiger partial charge in [-0.3, -0.25) is 4.79 Å². The van der Waals surface area contributed by atoms with Gasteiger partial charge >= 0.3 is 0 Å². The first kappa shape index (κ1) is 18.0. The maximum absolute atomic E-state index is 12.3. The minimum Gasteiger partial charge on any atom is -0.497 e. The molecule has 2 aromatic carbocycles.